The Morgan fingerprint density at radius 3 is 2.58 bits per heavy atom. The SMILES string of the molecule is C[C@@H](OC(=O)CSc1cc(Cl)ccc1Cl)C(=O)Nc1ccccc1. The van der Waals surface area contributed by atoms with Gasteiger partial charge in [0.05, 0.1) is 10.8 Å². The summed E-state index contributed by atoms with van der Waals surface area (Å²) in [5, 5.41) is 3.72. The van der Waals surface area contributed by atoms with Gasteiger partial charge in [0.2, 0.25) is 0 Å². The number of ether oxygens (including phenoxy) is 1. The standard InChI is InChI=1S/C17H15Cl2NO3S/c1-11(17(22)20-13-5-3-2-4-6-13)23-16(21)10-24-15-9-12(18)7-8-14(15)19/h2-9,11H,10H2,1H3,(H,20,22)/t11-/m1/s1. The van der Waals surface area contributed by atoms with Crippen molar-refractivity contribution in [1.82, 2.24) is 0 Å². The molecular formula is C17H15Cl2NO3S. The van der Waals surface area contributed by atoms with E-state index in [-0.39, 0.29) is 11.7 Å². The van der Waals surface area contributed by atoms with Gasteiger partial charge in [-0.3, -0.25) is 9.59 Å². The molecule has 7 heteroatoms. The molecule has 2 aromatic rings. The van der Waals surface area contributed by atoms with Gasteiger partial charge in [0.1, 0.15) is 0 Å². The van der Waals surface area contributed by atoms with E-state index in [0.717, 1.165) is 0 Å². The molecule has 1 N–H and O–H groups in total. The van der Waals surface area contributed by atoms with Crippen LogP contribution in [0.3, 0.4) is 0 Å². The summed E-state index contributed by atoms with van der Waals surface area (Å²) in [6.45, 7) is 1.52. The second-order valence-electron chi connectivity index (χ2n) is 4.85. The molecule has 1 amide bonds. The fraction of sp³-hybridized carbons (Fsp3) is 0.176. The minimum atomic E-state index is -0.895. The molecule has 0 saturated heterocycles. The molecule has 0 radical (unpaired) electrons. The highest BCUT2D eigenvalue weighted by Gasteiger charge is 2.18. The third-order valence-electron chi connectivity index (χ3n) is 2.96. The molecule has 0 fully saturated rings. The third kappa shape index (κ3) is 5.74. The maximum Gasteiger partial charge on any atom is 0.317 e. The van der Waals surface area contributed by atoms with Crippen LogP contribution < -0.4 is 5.32 Å². The fourth-order valence-electron chi connectivity index (χ4n) is 1.77. The van der Waals surface area contributed by atoms with Crippen molar-refractivity contribution in [3.05, 3.63) is 58.6 Å². The fourth-order valence-corrected chi connectivity index (χ4v) is 3.05. The van der Waals surface area contributed by atoms with Crippen molar-refractivity contribution in [2.24, 2.45) is 0 Å². The number of benzene rings is 2. The first-order valence-corrected chi connectivity index (χ1v) is 8.83. The molecule has 0 aromatic heterocycles. The Morgan fingerprint density at radius 2 is 1.88 bits per heavy atom. The van der Waals surface area contributed by atoms with Gasteiger partial charge < -0.3 is 10.1 Å². The minimum absolute atomic E-state index is 0.0308. The maximum absolute atomic E-state index is 12.0. The predicted octanol–water partition coefficient (Wildman–Crippen LogP) is 4.66. The average molecular weight is 384 g/mol. The van der Waals surface area contributed by atoms with Crippen LogP contribution in [0.1, 0.15) is 6.92 Å². The minimum Gasteiger partial charge on any atom is -0.452 e. The van der Waals surface area contributed by atoms with Gasteiger partial charge in [-0.25, -0.2) is 0 Å². The van der Waals surface area contributed by atoms with Crippen LogP contribution in [0.2, 0.25) is 10.0 Å². The van der Waals surface area contributed by atoms with E-state index >= 15 is 0 Å². The number of carbonyl (C=O) groups is 2. The largest absolute Gasteiger partial charge is 0.452 e. The molecule has 0 unspecified atom stereocenters. The number of thioether (sulfide) groups is 1. The van der Waals surface area contributed by atoms with E-state index in [2.05, 4.69) is 5.32 Å². The number of carbonyl (C=O) groups excluding carboxylic acids is 2. The van der Waals surface area contributed by atoms with Gasteiger partial charge in [0, 0.05) is 15.6 Å². The van der Waals surface area contributed by atoms with E-state index in [1.807, 2.05) is 6.07 Å². The molecule has 126 valence electrons. The zero-order valence-electron chi connectivity index (χ0n) is 12.8. The van der Waals surface area contributed by atoms with Crippen molar-refractivity contribution in [2.75, 3.05) is 11.1 Å². The lowest BCUT2D eigenvalue weighted by atomic mass is 10.3. The van der Waals surface area contributed by atoms with Crippen molar-refractivity contribution < 1.29 is 14.3 Å². The Hall–Kier alpha value is -1.69. The average Bonchev–Trinajstić information content (AvgIpc) is 2.56. The summed E-state index contributed by atoms with van der Waals surface area (Å²) in [6.07, 6.45) is -0.895. The summed E-state index contributed by atoms with van der Waals surface area (Å²) in [5.74, 6) is -0.865. The molecule has 2 rings (SSSR count). The quantitative estimate of drug-likeness (QED) is 0.582. The van der Waals surface area contributed by atoms with E-state index in [9.17, 15) is 9.59 Å². The predicted molar refractivity (Wildman–Crippen MR) is 97.8 cm³/mol. The summed E-state index contributed by atoms with van der Waals surface area (Å²) in [4.78, 5) is 24.6. The Kier molecular flexibility index (Phi) is 6.97. The first kappa shape index (κ1) is 18.6. The number of halogens is 2. The molecule has 0 heterocycles. The van der Waals surface area contributed by atoms with Gasteiger partial charge in [-0.1, -0.05) is 41.4 Å². The van der Waals surface area contributed by atoms with Crippen molar-refractivity contribution >= 4 is 52.5 Å². The number of hydrogen-bond acceptors (Lipinski definition) is 4. The molecular weight excluding hydrogens is 369 g/mol. The monoisotopic (exact) mass is 383 g/mol. The molecule has 0 spiro atoms. The summed E-state index contributed by atoms with van der Waals surface area (Å²) in [7, 11) is 0. The van der Waals surface area contributed by atoms with Gasteiger partial charge in [-0.2, -0.15) is 0 Å². The van der Waals surface area contributed by atoms with Crippen LogP contribution >= 0.6 is 35.0 Å². The van der Waals surface area contributed by atoms with E-state index in [4.69, 9.17) is 27.9 Å². The van der Waals surface area contributed by atoms with E-state index in [1.165, 1.54) is 18.7 Å². The lowest BCUT2D eigenvalue weighted by molar-refractivity contribution is -0.150. The van der Waals surface area contributed by atoms with Gasteiger partial charge in [0.15, 0.2) is 6.10 Å². The normalized spacial score (nSPS) is 11.6. The maximum atomic E-state index is 12.0. The number of anilines is 1. The topological polar surface area (TPSA) is 55.4 Å². The molecule has 0 aliphatic heterocycles. The highest BCUT2D eigenvalue weighted by molar-refractivity contribution is 8.00. The van der Waals surface area contributed by atoms with Crippen LogP contribution in [0.5, 0.6) is 0 Å². The van der Waals surface area contributed by atoms with Crippen LogP contribution in [-0.4, -0.2) is 23.7 Å². The smallest absolute Gasteiger partial charge is 0.317 e. The molecule has 0 aliphatic rings. The van der Waals surface area contributed by atoms with Crippen LogP contribution in [0.4, 0.5) is 5.69 Å². The number of amides is 1. The van der Waals surface area contributed by atoms with E-state index < -0.39 is 12.1 Å². The van der Waals surface area contributed by atoms with Crippen molar-refractivity contribution in [3.63, 3.8) is 0 Å². The first-order valence-electron chi connectivity index (χ1n) is 7.09. The lowest BCUT2D eigenvalue weighted by Gasteiger charge is -2.13. The zero-order chi connectivity index (χ0) is 17.5. The number of para-hydroxylation sites is 1. The van der Waals surface area contributed by atoms with Gasteiger partial charge in [-0.15, -0.1) is 11.8 Å². The molecule has 0 saturated carbocycles. The summed E-state index contributed by atoms with van der Waals surface area (Å²) in [6, 6.07) is 14.0. The van der Waals surface area contributed by atoms with Crippen molar-refractivity contribution in [3.8, 4) is 0 Å². The van der Waals surface area contributed by atoms with E-state index in [0.29, 0.717) is 20.6 Å². The van der Waals surface area contributed by atoms with Crippen molar-refractivity contribution in [1.29, 1.82) is 0 Å². The van der Waals surface area contributed by atoms with Crippen LogP contribution in [-0.2, 0) is 14.3 Å². The zero-order valence-corrected chi connectivity index (χ0v) is 15.1. The number of esters is 1. The third-order valence-corrected chi connectivity index (χ3v) is 4.66. The summed E-state index contributed by atoms with van der Waals surface area (Å²) < 4.78 is 5.13. The Bertz CT molecular complexity index is 725. The molecule has 2 aromatic carbocycles. The Labute approximate surface area is 154 Å². The second kappa shape index (κ2) is 8.97. The van der Waals surface area contributed by atoms with E-state index in [1.54, 1.807) is 42.5 Å². The van der Waals surface area contributed by atoms with Gasteiger partial charge >= 0.3 is 5.97 Å². The molecule has 1 atom stereocenters. The van der Waals surface area contributed by atoms with Gasteiger partial charge in [0.25, 0.3) is 5.91 Å². The summed E-state index contributed by atoms with van der Waals surface area (Å²) >= 11 is 13.1. The van der Waals surface area contributed by atoms with Crippen LogP contribution in [0.15, 0.2) is 53.4 Å². The Morgan fingerprint density at radius 1 is 1.17 bits per heavy atom. The molecule has 0 bridgehead atoms. The van der Waals surface area contributed by atoms with Gasteiger partial charge in [-0.05, 0) is 37.3 Å². The number of hydrogen-bond donors (Lipinski definition) is 1. The highest BCUT2D eigenvalue weighted by atomic mass is 35.5. The number of nitrogens with one attached hydrogen (secondary N) is 1. The first-order chi connectivity index (χ1) is 11.5. The summed E-state index contributed by atoms with van der Waals surface area (Å²) in [5.41, 5.74) is 0.644. The molecule has 0 aliphatic carbocycles. The second-order valence-corrected chi connectivity index (χ2v) is 6.71. The van der Waals surface area contributed by atoms with Crippen molar-refractivity contribution in [2.45, 2.75) is 17.9 Å². The van der Waals surface area contributed by atoms with Crippen LogP contribution in [0, 0.1) is 0 Å². The van der Waals surface area contributed by atoms with Crippen LogP contribution in [0.25, 0.3) is 0 Å². The highest BCUT2D eigenvalue weighted by Crippen LogP contribution is 2.29. The lowest BCUT2D eigenvalue weighted by Crippen LogP contribution is -2.30. The molecule has 24 heavy (non-hydrogen) atoms. The molecule has 4 nitrogen and oxygen atoms in total. The Balaban J connectivity index is 1.83. The number of rotatable bonds is 6.